The molecule has 1 aromatic heterocycles. The minimum Gasteiger partial charge on any atom is -0.456 e. The molecule has 2 nitrogen and oxygen atoms in total. The molecule has 10 rings (SSSR count). The van der Waals surface area contributed by atoms with Crippen LogP contribution in [0.4, 0.5) is 17.1 Å². The molecule has 0 fully saturated rings. The van der Waals surface area contributed by atoms with Crippen molar-refractivity contribution in [2.24, 2.45) is 0 Å². The maximum absolute atomic E-state index is 6.23. The number of anilines is 3. The quantitative estimate of drug-likeness (QED) is 0.178. The molecular formula is C49H33NO. The van der Waals surface area contributed by atoms with Crippen molar-refractivity contribution in [3.8, 4) is 22.3 Å². The number of fused-ring (bicyclic) bond motifs is 6. The van der Waals surface area contributed by atoms with Gasteiger partial charge in [0.05, 0.1) is 5.41 Å². The van der Waals surface area contributed by atoms with Crippen LogP contribution in [0.15, 0.2) is 205 Å². The maximum Gasteiger partial charge on any atom is 0.135 e. The highest BCUT2D eigenvalue weighted by Gasteiger charge is 2.45. The molecule has 0 bridgehead atoms. The second-order valence-electron chi connectivity index (χ2n) is 13.3. The number of para-hydroxylation sites is 1. The van der Waals surface area contributed by atoms with Crippen molar-refractivity contribution in [1.29, 1.82) is 0 Å². The van der Waals surface area contributed by atoms with E-state index in [-0.39, 0.29) is 0 Å². The molecule has 1 aliphatic carbocycles. The van der Waals surface area contributed by atoms with E-state index >= 15 is 0 Å². The summed E-state index contributed by atoms with van der Waals surface area (Å²) in [6, 6.07) is 72.2. The van der Waals surface area contributed by atoms with Gasteiger partial charge in [-0.3, -0.25) is 0 Å². The molecule has 0 atom stereocenters. The number of hydrogen-bond donors (Lipinski definition) is 0. The second kappa shape index (κ2) is 11.8. The van der Waals surface area contributed by atoms with Crippen molar-refractivity contribution >= 4 is 39.0 Å². The first-order chi connectivity index (χ1) is 25.3. The van der Waals surface area contributed by atoms with Gasteiger partial charge in [0, 0.05) is 27.8 Å². The minimum absolute atomic E-state index is 0.441. The fourth-order valence-electron chi connectivity index (χ4n) is 8.31. The summed E-state index contributed by atoms with van der Waals surface area (Å²) in [7, 11) is 0. The van der Waals surface area contributed by atoms with Crippen molar-refractivity contribution in [3.63, 3.8) is 0 Å². The van der Waals surface area contributed by atoms with E-state index in [2.05, 4.69) is 193 Å². The summed E-state index contributed by atoms with van der Waals surface area (Å²) in [4.78, 5) is 2.35. The predicted molar refractivity (Wildman–Crippen MR) is 211 cm³/mol. The van der Waals surface area contributed by atoms with Gasteiger partial charge in [-0.25, -0.2) is 0 Å². The smallest absolute Gasteiger partial charge is 0.135 e. The van der Waals surface area contributed by atoms with Crippen LogP contribution in [0.1, 0.15) is 22.3 Å². The van der Waals surface area contributed by atoms with Crippen LogP contribution in [0.25, 0.3) is 44.2 Å². The Bertz CT molecular complexity index is 2630. The van der Waals surface area contributed by atoms with Crippen molar-refractivity contribution in [2.75, 3.05) is 4.90 Å². The summed E-state index contributed by atoms with van der Waals surface area (Å²) in [6.45, 7) is 0. The third kappa shape index (κ3) is 4.57. The molecule has 0 saturated carbocycles. The fourth-order valence-corrected chi connectivity index (χ4v) is 8.31. The molecule has 0 spiro atoms. The number of benzene rings is 8. The Labute approximate surface area is 297 Å². The third-order valence-corrected chi connectivity index (χ3v) is 10.6. The van der Waals surface area contributed by atoms with E-state index in [9.17, 15) is 0 Å². The number of hydrogen-bond acceptors (Lipinski definition) is 2. The van der Waals surface area contributed by atoms with Gasteiger partial charge in [0.2, 0.25) is 0 Å². The summed E-state index contributed by atoms with van der Waals surface area (Å²) < 4.78 is 6.23. The fraction of sp³-hybridized carbons (Fsp3) is 0.0204. The van der Waals surface area contributed by atoms with Crippen LogP contribution < -0.4 is 4.90 Å². The zero-order valence-electron chi connectivity index (χ0n) is 27.9. The molecular weight excluding hydrogens is 619 g/mol. The molecule has 1 aliphatic rings. The molecule has 0 radical (unpaired) electrons. The van der Waals surface area contributed by atoms with Gasteiger partial charge >= 0.3 is 0 Å². The van der Waals surface area contributed by atoms with Crippen LogP contribution in [0, 0.1) is 0 Å². The molecule has 240 valence electrons. The SMILES string of the molecule is c1ccc(-c2ccc(N(c3ccc(C4(c5ccccc5)c5ccccc5-c5ccccc54)cc3)c3ccc4oc5ccccc5c4c3)cc2)cc1. The molecule has 9 aromatic rings. The Morgan fingerprint density at radius 1 is 0.353 bits per heavy atom. The van der Waals surface area contributed by atoms with Gasteiger partial charge in [-0.05, 0) is 93.0 Å². The Hall–Kier alpha value is -6.64. The Morgan fingerprint density at radius 3 is 1.53 bits per heavy atom. The van der Waals surface area contributed by atoms with Gasteiger partial charge in [-0.2, -0.15) is 0 Å². The number of rotatable bonds is 6. The summed E-state index contributed by atoms with van der Waals surface area (Å²) in [6.07, 6.45) is 0. The van der Waals surface area contributed by atoms with E-state index in [0.29, 0.717) is 0 Å². The van der Waals surface area contributed by atoms with Crippen LogP contribution in [-0.4, -0.2) is 0 Å². The summed E-state index contributed by atoms with van der Waals surface area (Å²) >= 11 is 0. The summed E-state index contributed by atoms with van der Waals surface area (Å²) in [5.41, 5.74) is 14.7. The van der Waals surface area contributed by atoms with Crippen molar-refractivity contribution < 1.29 is 4.42 Å². The van der Waals surface area contributed by atoms with Crippen molar-refractivity contribution in [3.05, 3.63) is 222 Å². The van der Waals surface area contributed by atoms with Crippen LogP contribution in [0.2, 0.25) is 0 Å². The number of nitrogens with zero attached hydrogens (tertiary/aromatic N) is 1. The predicted octanol–water partition coefficient (Wildman–Crippen LogP) is 13.1. The first-order valence-corrected chi connectivity index (χ1v) is 17.5. The lowest BCUT2D eigenvalue weighted by Gasteiger charge is -2.34. The van der Waals surface area contributed by atoms with Gasteiger partial charge in [0.1, 0.15) is 11.2 Å². The van der Waals surface area contributed by atoms with Gasteiger partial charge in [-0.15, -0.1) is 0 Å². The average Bonchev–Trinajstić information content (AvgIpc) is 3.73. The molecule has 0 aliphatic heterocycles. The first kappa shape index (κ1) is 29.3. The Morgan fingerprint density at radius 2 is 0.843 bits per heavy atom. The van der Waals surface area contributed by atoms with E-state index in [4.69, 9.17) is 4.42 Å². The van der Waals surface area contributed by atoms with Gasteiger partial charge in [0.15, 0.2) is 0 Å². The largest absolute Gasteiger partial charge is 0.456 e. The highest BCUT2D eigenvalue weighted by molar-refractivity contribution is 6.06. The zero-order valence-corrected chi connectivity index (χ0v) is 27.9. The Kier molecular flexibility index (Phi) is 6.75. The molecule has 51 heavy (non-hydrogen) atoms. The van der Waals surface area contributed by atoms with E-state index in [1.54, 1.807) is 0 Å². The monoisotopic (exact) mass is 651 g/mol. The lowest BCUT2D eigenvalue weighted by molar-refractivity contribution is 0.669. The van der Waals surface area contributed by atoms with Crippen LogP contribution in [0.5, 0.6) is 0 Å². The molecule has 0 saturated heterocycles. The maximum atomic E-state index is 6.23. The lowest BCUT2D eigenvalue weighted by Crippen LogP contribution is -2.28. The highest BCUT2D eigenvalue weighted by atomic mass is 16.3. The molecule has 0 amide bonds. The summed E-state index contributed by atoms with van der Waals surface area (Å²) in [5, 5.41) is 2.22. The second-order valence-corrected chi connectivity index (χ2v) is 13.3. The topological polar surface area (TPSA) is 16.4 Å². The standard InChI is InChI=1S/C49H33NO/c1-3-13-34(14-4-1)35-23-27-38(28-24-35)50(40-31-32-48-44(33-40)43-19-9-12-22-47(43)51-48)39-29-25-37(26-30-39)49(36-15-5-2-6-16-36)45-20-10-7-17-41(45)42-18-8-11-21-46(42)49/h1-33H. The van der Waals surface area contributed by atoms with Gasteiger partial charge < -0.3 is 9.32 Å². The van der Waals surface area contributed by atoms with Crippen LogP contribution >= 0.6 is 0 Å². The zero-order chi connectivity index (χ0) is 33.8. The Balaban J connectivity index is 1.15. The first-order valence-electron chi connectivity index (χ1n) is 17.5. The van der Waals surface area contributed by atoms with Crippen molar-refractivity contribution in [2.45, 2.75) is 5.41 Å². The van der Waals surface area contributed by atoms with E-state index < -0.39 is 5.41 Å². The molecule has 0 unspecified atom stereocenters. The minimum atomic E-state index is -0.441. The highest BCUT2D eigenvalue weighted by Crippen LogP contribution is 2.56. The molecule has 0 N–H and O–H groups in total. The molecule has 1 heterocycles. The average molecular weight is 652 g/mol. The third-order valence-electron chi connectivity index (χ3n) is 10.6. The van der Waals surface area contributed by atoms with Crippen molar-refractivity contribution in [1.82, 2.24) is 0 Å². The number of furan rings is 1. The molecule has 2 heteroatoms. The van der Waals surface area contributed by atoms with E-state index in [1.165, 1.54) is 44.5 Å². The van der Waals surface area contributed by atoms with Gasteiger partial charge in [0.25, 0.3) is 0 Å². The van der Waals surface area contributed by atoms with Crippen LogP contribution in [-0.2, 0) is 5.41 Å². The van der Waals surface area contributed by atoms with E-state index in [1.807, 2.05) is 12.1 Å². The van der Waals surface area contributed by atoms with Gasteiger partial charge in [-0.1, -0.05) is 152 Å². The lowest BCUT2D eigenvalue weighted by atomic mass is 9.68. The van der Waals surface area contributed by atoms with E-state index in [0.717, 1.165) is 39.0 Å². The molecule has 8 aromatic carbocycles. The normalized spacial score (nSPS) is 12.9. The van der Waals surface area contributed by atoms with Crippen LogP contribution in [0.3, 0.4) is 0 Å². The summed E-state index contributed by atoms with van der Waals surface area (Å²) in [5.74, 6) is 0.